The smallest absolute Gasteiger partial charge is 0.119 e. The van der Waals surface area contributed by atoms with Crippen LogP contribution in [0, 0.1) is 0 Å². The van der Waals surface area contributed by atoms with E-state index in [1.165, 1.54) is 0 Å². The highest BCUT2D eigenvalue weighted by atomic mass is 35.5. The summed E-state index contributed by atoms with van der Waals surface area (Å²) in [6.45, 7) is 3.33. The first kappa shape index (κ1) is 14.0. The predicted molar refractivity (Wildman–Crippen MR) is 81.4 cm³/mol. The third-order valence-electron chi connectivity index (χ3n) is 2.57. The van der Waals surface area contributed by atoms with Crippen molar-refractivity contribution in [2.45, 2.75) is 13.5 Å². The molecular formula is C15H15Cl2NO. The SMILES string of the molecule is CCOc1cccc(CNc2cc(Cl)cc(Cl)c2)c1. The summed E-state index contributed by atoms with van der Waals surface area (Å²) in [4.78, 5) is 0. The Kier molecular flexibility index (Phi) is 4.94. The molecule has 0 saturated heterocycles. The zero-order chi connectivity index (χ0) is 13.7. The van der Waals surface area contributed by atoms with Crippen molar-refractivity contribution in [1.82, 2.24) is 0 Å². The van der Waals surface area contributed by atoms with E-state index in [1.54, 1.807) is 6.07 Å². The highest BCUT2D eigenvalue weighted by Gasteiger charge is 2.00. The zero-order valence-corrected chi connectivity index (χ0v) is 12.1. The molecule has 0 heterocycles. The minimum Gasteiger partial charge on any atom is -0.494 e. The Bertz CT molecular complexity index is 537. The molecule has 0 aliphatic carbocycles. The molecule has 0 saturated carbocycles. The fourth-order valence-electron chi connectivity index (χ4n) is 1.77. The van der Waals surface area contributed by atoms with E-state index in [0.29, 0.717) is 23.2 Å². The van der Waals surface area contributed by atoms with Gasteiger partial charge in [-0.05, 0) is 42.8 Å². The second kappa shape index (κ2) is 6.69. The van der Waals surface area contributed by atoms with Gasteiger partial charge in [-0.1, -0.05) is 35.3 Å². The topological polar surface area (TPSA) is 21.3 Å². The first-order chi connectivity index (χ1) is 9.17. The number of hydrogen-bond acceptors (Lipinski definition) is 2. The van der Waals surface area contributed by atoms with Crippen LogP contribution in [0.25, 0.3) is 0 Å². The molecular weight excluding hydrogens is 281 g/mol. The number of halogens is 2. The quantitative estimate of drug-likeness (QED) is 0.838. The molecule has 0 bridgehead atoms. The van der Waals surface area contributed by atoms with Gasteiger partial charge in [0.2, 0.25) is 0 Å². The molecule has 100 valence electrons. The Hall–Kier alpha value is -1.38. The van der Waals surface area contributed by atoms with Crippen LogP contribution >= 0.6 is 23.2 Å². The summed E-state index contributed by atoms with van der Waals surface area (Å²) in [6.07, 6.45) is 0. The van der Waals surface area contributed by atoms with Gasteiger partial charge in [0.1, 0.15) is 5.75 Å². The molecule has 0 amide bonds. The van der Waals surface area contributed by atoms with Gasteiger partial charge in [0, 0.05) is 22.3 Å². The van der Waals surface area contributed by atoms with Crippen molar-refractivity contribution in [1.29, 1.82) is 0 Å². The lowest BCUT2D eigenvalue weighted by atomic mass is 10.2. The average Bonchev–Trinajstić information content (AvgIpc) is 2.36. The van der Waals surface area contributed by atoms with Crippen molar-refractivity contribution in [3.05, 3.63) is 58.1 Å². The maximum absolute atomic E-state index is 5.95. The summed E-state index contributed by atoms with van der Waals surface area (Å²) in [7, 11) is 0. The Morgan fingerprint density at radius 1 is 1.05 bits per heavy atom. The van der Waals surface area contributed by atoms with Crippen molar-refractivity contribution >= 4 is 28.9 Å². The Morgan fingerprint density at radius 2 is 1.79 bits per heavy atom. The van der Waals surface area contributed by atoms with Crippen molar-refractivity contribution in [3.63, 3.8) is 0 Å². The molecule has 0 fully saturated rings. The van der Waals surface area contributed by atoms with Crippen molar-refractivity contribution in [2.75, 3.05) is 11.9 Å². The van der Waals surface area contributed by atoms with Gasteiger partial charge in [0.25, 0.3) is 0 Å². The predicted octanol–water partition coefficient (Wildman–Crippen LogP) is 5.00. The van der Waals surface area contributed by atoms with Crippen LogP contribution in [0.2, 0.25) is 10.0 Å². The molecule has 1 N–H and O–H groups in total. The van der Waals surface area contributed by atoms with Gasteiger partial charge in [0.05, 0.1) is 6.61 Å². The normalized spacial score (nSPS) is 10.3. The lowest BCUT2D eigenvalue weighted by molar-refractivity contribution is 0.340. The Morgan fingerprint density at radius 3 is 2.47 bits per heavy atom. The molecule has 0 aliphatic rings. The molecule has 2 nitrogen and oxygen atoms in total. The second-order valence-corrected chi connectivity index (χ2v) is 4.96. The number of benzene rings is 2. The average molecular weight is 296 g/mol. The van der Waals surface area contributed by atoms with Crippen molar-refractivity contribution in [2.24, 2.45) is 0 Å². The van der Waals surface area contributed by atoms with E-state index in [4.69, 9.17) is 27.9 Å². The summed E-state index contributed by atoms with van der Waals surface area (Å²) < 4.78 is 5.47. The van der Waals surface area contributed by atoms with Crippen LogP contribution in [0.3, 0.4) is 0 Å². The molecule has 0 unspecified atom stereocenters. The first-order valence-corrected chi connectivity index (χ1v) is 6.84. The van der Waals surface area contributed by atoms with Crippen molar-refractivity contribution in [3.8, 4) is 5.75 Å². The molecule has 0 radical (unpaired) electrons. The fourth-order valence-corrected chi connectivity index (χ4v) is 2.30. The number of rotatable bonds is 5. The molecule has 19 heavy (non-hydrogen) atoms. The van der Waals surface area contributed by atoms with Gasteiger partial charge in [0.15, 0.2) is 0 Å². The fraction of sp³-hybridized carbons (Fsp3) is 0.200. The molecule has 2 aromatic rings. The minimum atomic E-state index is 0.623. The van der Waals surface area contributed by atoms with E-state index in [0.717, 1.165) is 17.0 Å². The molecule has 2 aromatic carbocycles. The van der Waals surface area contributed by atoms with E-state index >= 15 is 0 Å². The van der Waals surface area contributed by atoms with Crippen LogP contribution in [-0.4, -0.2) is 6.61 Å². The van der Waals surface area contributed by atoms with Gasteiger partial charge in [-0.25, -0.2) is 0 Å². The third-order valence-corrected chi connectivity index (χ3v) is 3.01. The summed E-state index contributed by atoms with van der Waals surface area (Å²) in [5.41, 5.74) is 2.04. The number of anilines is 1. The lowest BCUT2D eigenvalue weighted by Gasteiger charge is -2.09. The standard InChI is InChI=1S/C15H15Cl2NO/c1-2-19-15-5-3-4-11(6-15)10-18-14-8-12(16)7-13(17)9-14/h3-9,18H,2,10H2,1H3. The summed E-state index contributed by atoms with van der Waals surface area (Å²) in [6, 6.07) is 13.4. The van der Waals surface area contributed by atoms with Gasteiger partial charge in [-0.15, -0.1) is 0 Å². The molecule has 0 spiro atoms. The third kappa shape index (κ3) is 4.34. The minimum absolute atomic E-state index is 0.623. The van der Waals surface area contributed by atoms with Crippen LogP contribution in [0.5, 0.6) is 5.75 Å². The highest BCUT2D eigenvalue weighted by molar-refractivity contribution is 6.35. The summed E-state index contributed by atoms with van der Waals surface area (Å²) >= 11 is 11.9. The van der Waals surface area contributed by atoms with Crippen LogP contribution in [0.1, 0.15) is 12.5 Å². The maximum Gasteiger partial charge on any atom is 0.119 e. The molecule has 0 aromatic heterocycles. The van der Waals surface area contributed by atoms with Crippen LogP contribution in [-0.2, 0) is 6.54 Å². The summed E-state index contributed by atoms with van der Waals surface area (Å²) in [5.74, 6) is 0.880. The second-order valence-electron chi connectivity index (χ2n) is 4.09. The van der Waals surface area contributed by atoms with Crippen LogP contribution in [0.4, 0.5) is 5.69 Å². The van der Waals surface area contributed by atoms with Crippen LogP contribution < -0.4 is 10.1 Å². The number of ether oxygens (including phenoxy) is 1. The summed E-state index contributed by atoms with van der Waals surface area (Å²) in [5, 5.41) is 4.53. The van der Waals surface area contributed by atoms with E-state index in [9.17, 15) is 0 Å². The van der Waals surface area contributed by atoms with Gasteiger partial charge >= 0.3 is 0 Å². The molecule has 2 rings (SSSR count). The molecule has 0 aliphatic heterocycles. The Labute approximate surface area is 123 Å². The van der Waals surface area contributed by atoms with E-state index in [-0.39, 0.29) is 0 Å². The zero-order valence-electron chi connectivity index (χ0n) is 10.6. The molecule has 4 heteroatoms. The van der Waals surface area contributed by atoms with E-state index < -0.39 is 0 Å². The molecule has 0 atom stereocenters. The maximum atomic E-state index is 5.95. The lowest BCUT2D eigenvalue weighted by Crippen LogP contribution is -2.00. The van der Waals surface area contributed by atoms with Crippen molar-refractivity contribution < 1.29 is 4.74 Å². The first-order valence-electron chi connectivity index (χ1n) is 6.09. The van der Waals surface area contributed by atoms with Gasteiger partial charge in [-0.3, -0.25) is 0 Å². The number of hydrogen-bond donors (Lipinski definition) is 1. The largest absolute Gasteiger partial charge is 0.494 e. The number of nitrogens with one attached hydrogen (secondary N) is 1. The highest BCUT2D eigenvalue weighted by Crippen LogP contribution is 2.23. The van der Waals surface area contributed by atoms with E-state index in [2.05, 4.69) is 5.32 Å². The van der Waals surface area contributed by atoms with Gasteiger partial charge in [-0.2, -0.15) is 0 Å². The van der Waals surface area contributed by atoms with Crippen LogP contribution in [0.15, 0.2) is 42.5 Å². The van der Waals surface area contributed by atoms with Gasteiger partial charge < -0.3 is 10.1 Å². The van der Waals surface area contributed by atoms with E-state index in [1.807, 2.05) is 43.3 Å². The Balaban J connectivity index is 2.03. The monoisotopic (exact) mass is 295 g/mol.